The Balaban J connectivity index is 2.01. The Kier molecular flexibility index (Phi) is 4.53. The minimum absolute atomic E-state index is 0.100. The molecule has 1 N–H and O–H groups in total. The number of anilines is 1. The van der Waals surface area contributed by atoms with Crippen LogP contribution in [0.5, 0.6) is 5.75 Å². The number of nitrogens with one attached hydrogen (secondary N) is 1. The van der Waals surface area contributed by atoms with Gasteiger partial charge in [-0.1, -0.05) is 17.7 Å². The number of aryl methyl sites for hydroxylation is 3. The van der Waals surface area contributed by atoms with Crippen LogP contribution in [0.2, 0.25) is 5.02 Å². The Morgan fingerprint density at radius 3 is 2.71 bits per heavy atom. The molecule has 0 aliphatic carbocycles. The van der Waals surface area contributed by atoms with Crippen molar-refractivity contribution in [1.29, 1.82) is 0 Å². The molecule has 0 saturated carbocycles. The van der Waals surface area contributed by atoms with Crippen molar-refractivity contribution < 1.29 is 9.53 Å². The van der Waals surface area contributed by atoms with Gasteiger partial charge < -0.3 is 10.1 Å². The van der Waals surface area contributed by atoms with E-state index in [0.29, 0.717) is 10.8 Å². The third-order valence-corrected chi connectivity index (χ3v) is 3.53. The SMILES string of the molecule is Cc1ccc(Cl)c(OCC(=O)Nc2c(C)nn(C)c2C)c1. The topological polar surface area (TPSA) is 56.1 Å². The maximum Gasteiger partial charge on any atom is 0.262 e. The predicted molar refractivity (Wildman–Crippen MR) is 83.0 cm³/mol. The Morgan fingerprint density at radius 1 is 1.38 bits per heavy atom. The average molecular weight is 308 g/mol. The predicted octanol–water partition coefficient (Wildman–Crippen LogP) is 3.02. The van der Waals surface area contributed by atoms with Crippen LogP contribution in [0.1, 0.15) is 17.0 Å². The summed E-state index contributed by atoms with van der Waals surface area (Å²) in [5, 5.41) is 7.55. The molecule has 0 atom stereocenters. The van der Waals surface area contributed by atoms with Crippen LogP contribution < -0.4 is 10.1 Å². The van der Waals surface area contributed by atoms with E-state index in [0.717, 1.165) is 22.6 Å². The number of benzene rings is 1. The molecule has 1 amide bonds. The number of amides is 1. The lowest BCUT2D eigenvalue weighted by atomic mass is 10.2. The molecule has 0 fully saturated rings. The van der Waals surface area contributed by atoms with Crippen LogP contribution in [-0.4, -0.2) is 22.3 Å². The number of hydrogen-bond acceptors (Lipinski definition) is 3. The smallest absolute Gasteiger partial charge is 0.262 e. The number of rotatable bonds is 4. The van der Waals surface area contributed by atoms with Gasteiger partial charge in [0.15, 0.2) is 6.61 Å². The summed E-state index contributed by atoms with van der Waals surface area (Å²) in [5.41, 5.74) is 3.42. The molecule has 21 heavy (non-hydrogen) atoms. The molecule has 112 valence electrons. The standard InChI is InChI=1S/C15H18ClN3O2/c1-9-5-6-12(16)13(7-9)21-8-14(20)17-15-10(2)18-19(4)11(15)3/h5-7H,8H2,1-4H3,(H,17,20). The van der Waals surface area contributed by atoms with E-state index in [1.54, 1.807) is 16.8 Å². The first-order chi connectivity index (χ1) is 9.88. The average Bonchev–Trinajstić information content (AvgIpc) is 2.66. The van der Waals surface area contributed by atoms with Crippen molar-refractivity contribution >= 4 is 23.2 Å². The van der Waals surface area contributed by atoms with Crippen molar-refractivity contribution in [3.05, 3.63) is 40.2 Å². The summed E-state index contributed by atoms with van der Waals surface area (Å²) in [6, 6.07) is 5.44. The number of hydrogen-bond donors (Lipinski definition) is 1. The molecule has 2 rings (SSSR count). The molecule has 2 aromatic rings. The highest BCUT2D eigenvalue weighted by Gasteiger charge is 2.13. The molecular weight excluding hydrogens is 290 g/mol. The molecule has 0 spiro atoms. The molecule has 0 unspecified atom stereocenters. The molecule has 0 bridgehead atoms. The van der Waals surface area contributed by atoms with Crippen molar-refractivity contribution in [1.82, 2.24) is 9.78 Å². The quantitative estimate of drug-likeness (QED) is 0.944. The van der Waals surface area contributed by atoms with E-state index in [1.807, 2.05) is 33.9 Å². The second-order valence-corrected chi connectivity index (χ2v) is 5.35. The van der Waals surface area contributed by atoms with Crippen molar-refractivity contribution in [2.45, 2.75) is 20.8 Å². The molecule has 1 heterocycles. The number of halogens is 1. The van der Waals surface area contributed by atoms with Gasteiger partial charge >= 0.3 is 0 Å². The van der Waals surface area contributed by atoms with Gasteiger partial charge in [0.2, 0.25) is 0 Å². The van der Waals surface area contributed by atoms with Crippen LogP contribution in [-0.2, 0) is 11.8 Å². The number of aromatic nitrogens is 2. The minimum Gasteiger partial charge on any atom is -0.482 e. The number of nitrogens with zero attached hydrogens (tertiary/aromatic N) is 2. The van der Waals surface area contributed by atoms with Crippen LogP contribution in [0.25, 0.3) is 0 Å². The maximum atomic E-state index is 12.0. The molecule has 1 aromatic carbocycles. The number of ether oxygens (including phenoxy) is 1. The second-order valence-electron chi connectivity index (χ2n) is 4.94. The summed E-state index contributed by atoms with van der Waals surface area (Å²) in [5.74, 6) is 0.262. The molecule has 1 aromatic heterocycles. The summed E-state index contributed by atoms with van der Waals surface area (Å²) in [7, 11) is 1.83. The Hall–Kier alpha value is -2.01. The normalized spacial score (nSPS) is 10.5. The molecular formula is C15H18ClN3O2. The largest absolute Gasteiger partial charge is 0.482 e. The summed E-state index contributed by atoms with van der Waals surface area (Å²) < 4.78 is 7.19. The van der Waals surface area contributed by atoms with Crippen molar-refractivity contribution in [3.8, 4) is 5.75 Å². The zero-order valence-corrected chi connectivity index (χ0v) is 13.3. The molecule has 0 saturated heterocycles. The lowest BCUT2D eigenvalue weighted by Gasteiger charge is -2.09. The van der Waals surface area contributed by atoms with E-state index in [-0.39, 0.29) is 12.5 Å². The van der Waals surface area contributed by atoms with Gasteiger partial charge in [-0.15, -0.1) is 0 Å². The van der Waals surface area contributed by atoms with Crippen LogP contribution in [0.4, 0.5) is 5.69 Å². The van der Waals surface area contributed by atoms with Gasteiger partial charge in [-0.05, 0) is 38.5 Å². The van der Waals surface area contributed by atoms with Gasteiger partial charge in [0.25, 0.3) is 5.91 Å². The first-order valence-electron chi connectivity index (χ1n) is 6.57. The molecule has 6 heteroatoms. The summed E-state index contributed by atoms with van der Waals surface area (Å²) in [6.07, 6.45) is 0. The van der Waals surface area contributed by atoms with E-state index in [4.69, 9.17) is 16.3 Å². The van der Waals surface area contributed by atoms with Crippen LogP contribution in [0.3, 0.4) is 0 Å². The van der Waals surface area contributed by atoms with Crippen LogP contribution >= 0.6 is 11.6 Å². The fraction of sp³-hybridized carbons (Fsp3) is 0.333. The first kappa shape index (κ1) is 15.4. The Morgan fingerprint density at radius 2 is 2.10 bits per heavy atom. The third kappa shape index (κ3) is 3.55. The van der Waals surface area contributed by atoms with Crippen molar-refractivity contribution in [2.24, 2.45) is 7.05 Å². The van der Waals surface area contributed by atoms with E-state index in [2.05, 4.69) is 10.4 Å². The monoisotopic (exact) mass is 307 g/mol. The van der Waals surface area contributed by atoms with Gasteiger partial charge in [-0.3, -0.25) is 9.48 Å². The van der Waals surface area contributed by atoms with E-state index in [1.165, 1.54) is 0 Å². The summed E-state index contributed by atoms with van der Waals surface area (Å²) >= 11 is 6.02. The highest BCUT2D eigenvalue weighted by Crippen LogP contribution is 2.25. The van der Waals surface area contributed by atoms with Crippen molar-refractivity contribution in [2.75, 3.05) is 11.9 Å². The van der Waals surface area contributed by atoms with E-state index in [9.17, 15) is 4.79 Å². The lowest BCUT2D eigenvalue weighted by Crippen LogP contribution is -2.21. The van der Waals surface area contributed by atoms with Gasteiger partial charge in [0.1, 0.15) is 5.75 Å². The van der Waals surface area contributed by atoms with Crippen LogP contribution in [0, 0.1) is 20.8 Å². The fourth-order valence-corrected chi connectivity index (χ4v) is 2.17. The van der Waals surface area contributed by atoms with Gasteiger partial charge in [-0.2, -0.15) is 5.10 Å². The lowest BCUT2D eigenvalue weighted by molar-refractivity contribution is -0.118. The first-order valence-corrected chi connectivity index (χ1v) is 6.95. The summed E-state index contributed by atoms with van der Waals surface area (Å²) in [6.45, 7) is 5.58. The summed E-state index contributed by atoms with van der Waals surface area (Å²) in [4.78, 5) is 12.0. The van der Waals surface area contributed by atoms with Crippen LogP contribution in [0.15, 0.2) is 18.2 Å². The second kappa shape index (κ2) is 6.18. The maximum absolute atomic E-state index is 12.0. The molecule has 0 aliphatic rings. The zero-order chi connectivity index (χ0) is 15.6. The Labute approximate surface area is 128 Å². The third-order valence-electron chi connectivity index (χ3n) is 3.22. The van der Waals surface area contributed by atoms with Crippen molar-refractivity contribution in [3.63, 3.8) is 0 Å². The van der Waals surface area contributed by atoms with Gasteiger partial charge in [-0.25, -0.2) is 0 Å². The Bertz CT molecular complexity index is 680. The van der Waals surface area contributed by atoms with E-state index < -0.39 is 0 Å². The fourth-order valence-electron chi connectivity index (χ4n) is 1.99. The minimum atomic E-state index is -0.244. The highest BCUT2D eigenvalue weighted by molar-refractivity contribution is 6.32. The number of carbonyl (C=O) groups excluding carboxylic acids is 1. The highest BCUT2D eigenvalue weighted by atomic mass is 35.5. The van der Waals surface area contributed by atoms with Gasteiger partial charge in [0.05, 0.1) is 22.1 Å². The van der Waals surface area contributed by atoms with Gasteiger partial charge in [0, 0.05) is 7.05 Å². The zero-order valence-electron chi connectivity index (χ0n) is 12.5. The van der Waals surface area contributed by atoms with E-state index >= 15 is 0 Å². The number of carbonyl (C=O) groups is 1. The molecule has 5 nitrogen and oxygen atoms in total. The molecule has 0 radical (unpaired) electrons. The molecule has 0 aliphatic heterocycles.